The fourth-order valence-electron chi connectivity index (χ4n) is 3.07. The molecule has 0 bridgehead atoms. The van der Waals surface area contributed by atoms with Crippen molar-refractivity contribution in [3.8, 4) is 0 Å². The number of nitrogens with zero attached hydrogens (tertiary/aromatic N) is 5. The molecule has 1 atom stereocenters. The second kappa shape index (κ2) is 8.45. The van der Waals surface area contributed by atoms with E-state index in [4.69, 9.17) is 16.5 Å². The maximum atomic E-state index is 11.0. The van der Waals surface area contributed by atoms with Crippen LogP contribution in [0.3, 0.4) is 0 Å². The van der Waals surface area contributed by atoms with Crippen molar-refractivity contribution in [1.82, 2.24) is 14.9 Å². The maximum Gasteiger partial charge on any atom is 0.312 e. The van der Waals surface area contributed by atoms with E-state index in [2.05, 4.69) is 38.5 Å². The Balaban J connectivity index is 1.65. The molecule has 1 aliphatic rings. The number of carbonyl (C=O) groups excluding carboxylic acids is 1. The Kier molecular flexibility index (Phi) is 6.02. The summed E-state index contributed by atoms with van der Waals surface area (Å²) in [5.41, 5.74) is 13.6. The molecule has 8 nitrogen and oxygen atoms in total. The van der Waals surface area contributed by atoms with Crippen molar-refractivity contribution in [1.29, 1.82) is 0 Å². The highest BCUT2D eigenvalue weighted by Crippen LogP contribution is 2.21. The smallest absolute Gasteiger partial charge is 0.312 e. The van der Waals surface area contributed by atoms with Gasteiger partial charge in [-0.1, -0.05) is 0 Å². The lowest BCUT2D eigenvalue weighted by atomic mass is 10.1. The zero-order chi connectivity index (χ0) is 19.4. The van der Waals surface area contributed by atoms with Crippen LogP contribution in [0.15, 0.2) is 35.5 Å². The number of carbonyl (C=O) groups is 1. The molecule has 2 aromatic heterocycles. The van der Waals surface area contributed by atoms with Gasteiger partial charge >= 0.3 is 5.17 Å². The molecule has 0 aromatic carbocycles. The fraction of sp³-hybridized carbons (Fsp3) is 0.389. The van der Waals surface area contributed by atoms with E-state index in [0.29, 0.717) is 5.17 Å². The first kappa shape index (κ1) is 19.2. The minimum absolute atomic E-state index is 0.170. The molecule has 0 aliphatic carbocycles. The molecular formula is C18H24N7OS+. The highest BCUT2D eigenvalue weighted by molar-refractivity contribution is 8.26. The molecule has 2 aromatic rings. The van der Waals surface area contributed by atoms with Gasteiger partial charge < -0.3 is 5.73 Å². The summed E-state index contributed by atoms with van der Waals surface area (Å²) < 4.78 is 2.06. The van der Waals surface area contributed by atoms with Crippen molar-refractivity contribution >= 4 is 39.0 Å². The van der Waals surface area contributed by atoms with E-state index in [1.165, 1.54) is 6.92 Å². The average Bonchev–Trinajstić information content (AvgIpc) is 2.66. The Morgan fingerprint density at radius 1 is 1.30 bits per heavy atom. The number of aliphatic imine (C=N–C) groups is 1. The molecule has 9 heteroatoms. The molecule has 0 saturated carbocycles. The van der Waals surface area contributed by atoms with Crippen LogP contribution in [0, 0.1) is 0 Å². The molecule has 1 aliphatic heterocycles. The summed E-state index contributed by atoms with van der Waals surface area (Å²) in [6, 6.07) is 8.25. The van der Waals surface area contributed by atoms with Gasteiger partial charge in [0.15, 0.2) is 10.8 Å². The highest BCUT2D eigenvalue weighted by Gasteiger charge is 2.25. The van der Waals surface area contributed by atoms with Gasteiger partial charge in [0.05, 0.1) is 18.8 Å². The zero-order valence-corrected chi connectivity index (χ0v) is 16.3. The molecule has 1 amide bonds. The highest BCUT2D eigenvalue weighted by atomic mass is 32.2. The molecule has 0 spiro atoms. The molecule has 1 fully saturated rings. The van der Waals surface area contributed by atoms with E-state index in [9.17, 15) is 4.79 Å². The molecule has 3 rings (SSSR count). The summed E-state index contributed by atoms with van der Waals surface area (Å²) in [7, 11) is 0. The van der Waals surface area contributed by atoms with Gasteiger partial charge in [0.2, 0.25) is 5.91 Å². The largest absolute Gasteiger partial charge is 0.378 e. The van der Waals surface area contributed by atoms with Crippen LogP contribution in [0.2, 0.25) is 0 Å². The topological polar surface area (TPSA) is 114 Å². The number of hydrogen-bond acceptors (Lipinski definition) is 5. The Morgan fingerprint density at radius 2 is 2.04 bits per heavy atom. The molecule has 27 heavy (non-hydrogen) atoms. The number of rotatable bonds is 2. The molecule has 142 valence electrons. The minimum atomic E-state index is -0.330. The molecule has 4 N–H and O–H groups in total. The molecule has 0 radical (unpaired) electrons. The van der Waals surface area contributed by atoms with Gasteiger partial charge in [-0.05, 0) is 31.2 Å². The number of hydrogen-bond donors (Lipinski definition) is 2. The number of nitrogens with two attached hydrogens (primary N) is 2. The fourth-order valence-corrected chi connectivity index (χ4v) is 3.77. The van der Waals surface area contributed by atoms with Gasteiger partial charge in [0, 0.05) is 49.4 Å². The Morgan fingerprint density at radius 3 is 2.74 bits per heavy atom. The van der Waals surface area contributed by atoms with Gasteiger partial charge in [-0.2, -0.15) is 4.99 Å². The molecule has 1 saturated heterocycles. The number of piperazine rings is 1. The van der Waals surface area contributed by atoms with Crippen molar-refractivity contribution in [3.05, 3.63) is 36.2 Å². The van der Waals surface area contributed by atoms with E-state index in [1.807, 2.05) is 12.1 Å². The minimum Gasteiger partial charge on any atom is -0.378 e. The summed E-state index contributed by atoms with van der Waals surface area (Å²) in [4.78, 5) is 26.1. The third-order valence-electron chi connectivity index (χ3n) is 4.56. The van der Waals surface area contributed by atoms with Crippen molar-refractivity contribution in [2.45, 2.75) is 19.9 Å². The van der Waals surface area contributed by atoms with Gasteiger partial charge in [-0.25, -0.2) is 9.97 Å². The van der Waals surface area contributed by atoms with E-state index >= 15 is 0 Å². The first-order valence-corrected chi connectivity index (χ1v) is 9.61. The predicted octanol–water partition coefficient (Wildman–Crippen LogP) is 0.928. The third-order valence-corrected chi connectivity index (χ3v) is 5.33. The van der Waals surface area contributed by atoms with Crippen LogP contribution in [-0.4, -0.2) is 61.9 Å². The second-order valence-electron chi connectivity index (χ2n) is 6.39. The van der Waals surface area contributed by atoms with Crippen LogP contribution in [0.1, 0.15) is 25.6 Å². The SMILES string of the molecule is CC(=O)N=C(N)SC(N)=[N+]1CCN(C(C)c2ccc3cccnc3n2)CC1. The van der Waals surface area contributed by atoms with Crippen LogP contribution >= 0.6 is 11.8 Å². The van der Waals surface area contributed by atoms with Gasteiger partial charge in [0.1, 0.15) is 0 Å². The van der Waals surface area contributed by atoms with Crippen molar-refractivity contribution in [2.24, 2.45) is 16.5 Å². The summed E-state index contributed by atoms with van der Waals surface area (Å²) >= 11 is 1.13. The molecule has 1 unspecified atom stereocenters. The van der Waals surface area contributed by atoms with E-state index < -0.39 is 0 Å². The van der Waals surface area contributed by atoms with Crippen molar-refractivity contribution in [2.75, 3.05) is 26.2 Å². The average molecular weight is 387 g/mol. The van der Waals surface area contributed by atoms with Crippen LogP contribution in [0.4, 0.5) is 0 Å². The van der Waals surface area contributed by atoms with Crippen LogP contribution in [-0.2, 0) is 4.79 Å². The van der Waals surface area contributed by atoms with Crippen LogP contribution < -0.4 is 11.5 Å². The monoisotopic (exact) mass is 386 g/mol. The lowest BCUT2D eigenvalue weighted by molar-refractivity contribution is -0.538. The lowest BCUT2D eigenvalue weighted by Gasteiger charge is -2.32. The molecule has 3 heterocycles. The van der Waals surface area contributed by atoms with Gasteiger partial charge in [-0.3, -0.25) is 20.0 Å². The molecular weight excluding hydrogens is 362 g/mol. The zero-order valence-electron chi connectivity index (χ0n) is 15.5. The summed E-state index contributed by atoms with van der Waals surface area (Å²) in [5, 5.41) is 1.78. The summed E-state index contributed by atoms with van der Waals surface area (Å²) in [5.74, 6) is -0.330. The summed E-state index contributed by atoms with van der Waals surface area (Å²) in [6.07, 6.45) is 1.76. The Hall–Kier alpha value is -2.52. The number of thioether (sulfide) groups is 1. The van der Waals surface area contributed by atoms with Crippen LogP contribution in [0.5, 0.6) is 0 Å². The normalized spacial score (nSPS) is 17.1. The maximum absolute atomic E-state index is 11.0. The first-order chi connectivity index (χ1) is 12.9. The lowest BCUT2D eigenvalue weighted by Crippen LogP contribution is -2.46. The quantitative estimate of drug-likeness (QED) is 0.448. The van der Waals surface area contributed by atoms with Crippen molar-refractivity contribution in [3.63, 3.8) is 0 Å². The number of fused-ring (bicyclic) bond motifs is 1. The summed E-state index contributed by atoms with van der Waals surface area (Å²) in [6.45, 7) is 6.79. The standard InChI is InChI=1S/C18H23N7OS/c1-12(15-6-5-14-4-3-7-21-16(14)23-15)24-8-10-25(11-9-24)18(20)27-17(19)22-13(2)26/h3-7,12,20H,8-11H2,1-2H3,(H2,19,22,26)/p+1. The number of amidine groups is 2. The Labute approximate surface area is 162 Å². The van der Waals surface area contributed by atoms with E-state index in [0.717, 1.165) is 54.7 Å². The predicted molar refractivity (Wildman–Crippen MR) is 109 cm³/mol. The van der Waals surface area contributed by atoms with Gasteiger partial charge in [0.25, 0.3) is 0 Å². The number of aromatic nitrogens is 2. The third kappa shape index (κ3) is 4.81. The van der Waals surface area contributed by atoms with Crippen LogP contribution in [0.25, 0.3) is 11.0 Å². The number of pyridine rings is 2. The second-order valence-corrected chi connectivity index (χ2v) is 7.44. The van der Waals surface area contributed by atoms with Gasteiger partial charge in [-0.15, -0.1) is 0 Å². The van der Waals surface area contributed by atoms with Crippen molar-refractivity contribution < 1.29 is 9.37 Å². The first-order valence-electron chi connectivity index (χ1n) is 8.79. The van der Waals surface area contributed by atoms with E-state index in [1.54, 1.807) is 6.20 Å². The number of amides is 1. The van der Waals surface area contributed by atoms with E-state index in [-0.39, 0.29) is 17.1 Å². The Bertz CT molecular complexity index is 901.